The highest BCUT2D eigenvalue weighted by molar-refractivity contribution is 5.50. The molecule has 4 nitrogen and oxygen atoms in total. The molecular formula is C16H28N4. The first-order chi connectivity index (χ1) is 9.61. The maximum atomic E-state index is 4.77. The zero-order chi connectivity index (χ0) is 14.5. The molecule has 4 heteroatoms. The second kappa shape index (κ2) is 6.91. The molecule has 20 heavy (non-hydrogen) atoms. The first-order valence-corrected chi connectivity index (χ1v) is 7.97. The SMILES string of the molecule is CCNc1cc(N(C)C2CCCCC2)nc(C(C)C)n1. The molecule has 0 bridgehead atoms. The van der Waals surface area contributed by atoms with Gasteiger partial charge in [-0.1, -0.05) is 33.1 Å². The number of anilines is 2. The van der Waals surface area contributed by atoms with E-state index in [2.05, 4.69) is 49.1 Å². The third kappa shape index (κ3) is 3.62. The molecule has 1 heterocycles. The number of aromatic nitrogens is 2. The summed E-state index contributed by atoms with van der Waals surface area (Å²) in [6, 6.07) is 2.72. The number of hydrogen-bond acceptors (Lipinski definition) is 4. The average molecular weight is 276 g/mol. The summed E-state index contributed by atoms with van der Waals surface area (Å²) in [4.78, 5) is 11.7. The Morgan fingerprint density at radius 1 is 1.25 bits per heavy atom. The van der Waals surface area contributed by atoms with Crippen LogP contribution >= 0.6 is 0 Å². The molecule has 1 aliphatic carbocycles. The van der Waals surface area contributed by atoms with Crippen LogP contribution in [0.5, 0.6) is 0 Å². The standard InChI is InChI=1S/C16H28N4/c1-5-17-14-11-15(19-16(18-14)12(2)3)20(4)13-9-7-6-8-10-13/h11-13H,5-10H2,1-4H3,(H,17,18,19). The van der Waals surface area contributed by atoms with Crippen LogP contribution in [0, 0.1) is 0 Å². The molecule has 1 fully saturated rings. The van der Waals surface area contributed by atoms with Gasteiger partial charge in [-0.15, -0.1) is 0 Å². The van der Waals surface area contributed by atoms with E-state index in [0.29, 0.717) is 12.0 Å². The highest BCUT2D eigenvalue weighted by Crippen LogP contribution is 2.27. The van der Waals surface area contributed by atoms with Crippen LogP contribution in [0.2, 0.25) is 0 Å². The van der Waals surface area contributed by atoms with Gasteiger partial charge >= 0.3 is 0 Å². The van der Waals surface area contributed by atoms with Gasteiger partial charge in [-0.05, 0) is 19.8 Å². The van der Waals surface area contributed by atoms with Crippen LogP contribution < -0.4 is 10.2 Å². The number of hydrogen-bond donors (Lipinski definition) is 1. The van der Waals surface area contributed by atoms with E-state index >= 15 is 0 Å². The maximum Gasteiger partial charge on any atom is 0.135 e. The zero-order valence-electron chi connectivity index (χ0n) is 13.3. The van der Waals surface area contributed by atoms with Crippen molar-refractivity contribution in [3.8, 4) is 0 Å². The molecule has 1 saturated carbocycles. The Bertz CT molecular complexity index is 424. The van der Waals surface area contributed by atoms with Gasteiger partial charge in [-0.3, -0.25) is 0 Å². The second-order valence-electron chi connectivity index (χ2n) is 6.06. The quantitative estimate of drug-likeness (QED) is 0.888. The van der Waals surface area contributed by atoms with Gasteiger partial charge < -0.3 is 10.2 Å². The minimum atomic E-state index is 0.354. The lowest BCUT2D eigenvalue weighted by molar-refractivity contribution is 0.425. The summed E-state index contributed by atoms with van der Waals surface area (Å²) >= 11 is 0. The molecule has 0 atom stereocenters. The summed E-state index contributed by atoms with van der Waals surface area (Å²) in [5.74, 6) is 3.30. The Balaban J connectivity index is 2.23. The van der Waals surface area contributed by atoms with Crippen molar-refractivity contribution < 1.29 is 0 Å². The molecule has 0 amide bonds. The molecule has 0 radical (unpaired) electrons. The van der Waals surface area contributed by atoms with Crippen LogP contribution in [-0.4, -0.2) is 29.6 Å². The molecule has 1 aliphatic rings. The highest BCUT2D eigenvalue weighted by atomic mass is 15.2. The third-order valence-corrected chi connectivity index (χ3v) is 4.09. The smallest absolute Gasteiger partial charge is 0.135 e. The lowest BCUT2D eigenvalue weighted by atomic mass is 9.94. The summed E-state index contributed by atoms with van der Waals surface area (Å²) in [6.07, 6.45) is 6.64. The molecule has 2 rings (SSSR count). The van der Waals surface area contributed by atoms with Crippen molar-refractivity contribution in [2.24, 2.45) is 0 Å². The number of rotatable bonds is 5. The van der Waals surface area contributed by atoms with Gasteiger partial charge in [0.25, 0.3) is 0 Å². The maximum absolute atomic E-state index is 4.77. The number of nitrogens with zero attached hydrogens (tertiary/aromatic N) is 3. The zero-order valence-corrected chi connectivity index (χ0v) is 13.3. The summed E-state index contributed by atoms with van der Waals surface area (Å²) in [5.41, 5.74) is 0. The van der Waals surface area contributed by atoms with Gasteiger partial charge in [-0.25, -0.2) is 9.97 Å². The van der Waals surface area contributed by atoms with Crippen molar-refractivity contribution in [2.45, 2.75) is 64.8 Å². The van der Waals surface area contributed by atoms with Gasteiger partial charge in [-0.2, -0.15) is 0 Å². The van der Waals surface area contributed by atoms with E-state index in [1.54, 1.807) is 0 Å². The Labute approximate surface area is 123 Å². The van der Waals surface area contributed by atoms with Crippen molar-refractivity contribution >= 4 is 11.6 Å². The second-order valence-corrected chi connectivity index (χ2v) is 6.06. The van der Waals surface area contributed by atoms with Crippen LogP contribution in [0.15, 0.2) is 6.07 Å². The van der Waals surface area contributed by atoms with E-state index in [9.17, 15) is 0 Å². The molecule has 0 unspecified atom stereocenters. The summed E-state index contributed by atoms with van der Waals surface area (Å²) in [5, 5.41) is 3.32. The largest absolute Gasteiger partial charge is 0.370 e. The van der Waals surface area contributed by atoms with E-state index in [1.807, 2.05) is 0 Å². The van der Waals surface area contributed by atoms with Crippen molar-refractivity contribution in [3.05, 3.63) is 11.9 Å². The van der Waals surface area contributed by atoms with Crippen molar-refractivity contribution in [1.82, 2.24) is 9.97 Å². The first-order valence-electron chi connectivity index (χ1n) is 7.97. The molecule has 1 aromatic rings. The summed E-state index contributed by atoms with van der Waals surface area (Å²) in [7, 11) is 2.18. The molecule has 0 aromatic carbocycles. The first kappa shape index (κ1) is 15.1. The lowest BCUT2D eigenvalue weighted by Crippen LogP contribution is -2.34. The number of nitrogens with one attached hydrogen (secondary N) is 1. The Morgan fingerprint density at radius 2 is 1.95 bits per heavy atom. The van der Waals surface area contributed by atoms with Crippen LogP contribution in [0.25, 0.3) is 0 Å². The molecule has 112 valence electrons. The Kier molecular flexibility index (Phi) is 5.21. The fraction of sp³-hybridized carbons (Fsp3) is 0.750. The van der Waals surface area contributed by atoms with Gasteiger partial charge in [0.1, 0.15) is 17.5 Å². The summed E-state index contributed by atoms with van der Waals surface area (Å²) < 4.78 is 0. The minimum Gasteiger partial charge on any atom is -0.370 e. The predicted octanol–water partition coefficient (Wildman–Crippen LogP) is 3.80. The molecule has 0 spiro atoms. The fourth-order valence-corrected chi connectivity index (χ4v) is 2.82. The summed E-state index contributed by atoms with van der Waals surface area (Å²) in [6.45, 7) is 7.29. The topological polar surface area (TPSA) is 41.0 Å². The van der Waals surface area contributed by atoms with Crippen LogP contribution in [-0.2, 0) is 0 Å². The van der Waals surface area contributed by atoms with E-state index in [4.69, 9.17) is 4.98 Å². The molecule has 1 N–H and O–H groups in total. The van der Waals surface area contributed by atoms with Gasteiger partial charge in [0.05, 0.1) is 0 Å². The predicted molar refractivity (Wildman–Crippen MR) is 85.6 cm³/mol. The normalized spacial score (nSPS) is 16.4. The van der Waals surface area contributed by atoms with Crippen molar-refractivity contribution in [3.63, 3.8) is 0 Å². The van der Waals surface area contributed by atoms with Crippen molar-refractivity contribution in [2.75, 3.05) is 23.8 Å². The molecule has 1 aromatic heterocycles. The molecule has 0 aliphatic heterocycles. The van der Waals surface area contributed by atoms with Gasteiger partial charge in [0, 0.05) is 31.6 Å². The van der Waals surface area contributed by atoms with Crippen LogP contribution in [0.1, 0.15) is 64.6 Å². The van der Waals surface area contributed by atoms with Crippen LogP contribution in [0.4, 0.5) is 11.6 Å². The van der Waals surface area contributed by atoms with Crippen LogP contribution in [0.3, 0.4) is 0 Å². The molecule has 0 saturated heterocycles. The Hall–Kier alpha value is -1.32. The lowest BCUT2D eigenvalue weighted by Gasteiger charge is -2.32. The molecular weight excluding hydrogens is 248 g/mol. The van der Waals surface area contributed by atoms with E-state index in [0.717, 1.165) is 24.0 Å². The highest BCUT2D eigenvalue weighted by Gasteiger charge is 2.20. The minimum absolute atomic E-state index is 0.354. The third-order valence-electron chi connectivity index (χ3n) is 4.09. The van der Waals surface area contributed by atoms with E-state index < -0.39 is 0 Å². The van der Waals surface area contributed by atoms with E-state index in [1.165, 1.54) is 32.1 Å². The fourth-order valence-electron chi connectivity index (χ4n) is 2.82. The van der Waals surface area contributed by atoms with E-state index in [-0.39, 0.29) is 0 Å². The Morgan fingerprint density at radius 3 is 2.55 bits per heavy atom. The van der Waals surface area contributed by atoms with Gasteiger partial charge in [0.15, 0.2) is 0 Å². The monoisotopic (exact) mass is 276 g/mol. The van der Waals surface area contributed by atoms with Gasteiger partial charge in [0.2, 0.25) is 0 Å². The van der Waals surface area contributed by atoms with Crippen molar-refractivity contribution in [1.29, 1.82) is 0 Å². The average Bonchev–Trinajstić information content (AvgIpc) is 2.47.